The Morgan fingerprint density at radius 1 is 1.18 bits per heavy atom. The van der Waals surface area contributed by atoms with Crippen LogP contribution < -0.4 is 16.0 Å². The van der Waals surface area contributed by atoms with Crippen molar-refractivity contribution in [1.82, 2.24) is 25.3 Å². The number of amides is 2. The largest absolute Gasteiger partial charge is 0.453 e. The van der Waals surface area contributed by atoms with E-state index in [0.29, 0.717) is 58.7 Å². The first kappa shape index (κ1) is 31.3. The summed E-state index contributed by atoms with van der Waals surface area (Å²) in [6.07, 6.45) is 1.27. The first-order chi connectivity index (χ1) is 21.1. The third-order valence-corrected chi connectivity index (χ3v) is 8.13. The molecule has 2 bridgehead atoms. The van der Waals surface area contributed by atoms with E-state index < -0.39 is 24.2 Å². The summed E-state index contributed by atoms with van der Waals surface area (Å²) in [6, 6.07) is 10.8. The van der Waals surface area contributed by atoms with E-state index in [2.05, 4.69) is 36.0 Å². The molecule has 230 valence electrons. The van der Waals surface area contributed by atoms with Gasteiger partial charge in [0.15, 0.2) is 11.0 Å². The summed E-state index contributed by atoms with van der Waals surface area (Å²) in [5.74, 6) is -1.18. The number of aliphatic hydroxyl groups is 1. The number of hydrogen-bond acceptors (Lipinski definition) is 8. The van der Waals surface area contributed by atoms with Gasteiger partial charge in [0.25, 0.3) is 0 Å². The lowest BCUT2D eigenvalue weighted by atomic mass is 9.95. The first-order valence-corrected chi connectivity index (χ1v) is 14.6. The summed E-state index contributed by atoms with van der Waals surface area (Å²) in [4.78, 5) is 25.0. The number of carbonyl (C=O) groups excluding carboxylic acids is 2. The van der Waals surface area contributed by atoms with Gasteiger partial charge in [-0.25, -0.2) is 13.9 Å². The molecule has 4 N–H and O–H groups in total. The van der Waals surface area contributed by atoms with Gasteiger partial charge < -0.3 is 15.2 Å². The molecule has 2 aromatic heterocycles. The van der Waals surface area contributed by atoms with Crippen molar-refractivity contribution in [1.29, 1.82) is 0 Å². The number of aromatic nitrogens is 4. The maximum atomic E-state index is 14.7. The average molecular weight is 643 g/mol. The van der Waals surface area contributed by atoms with Crippen molar-refractivity contribution in [3.8, 4) is 16.8 Å². The highest BCUT2D eigenvalue weighted by atomic mass is 35.5. The number of benzene rings is 2. The molecular weight excluding hydrogens is 612 g/mol. The van der Waals surface area contributed by atoms with Crippen LogP contribution in [0.3, 0.4) is 0 Å². The van der Waals surface area contributed by atoms with Crippen molar-refractivity contribution in [2.24, 2.45) is 5.92 Å². The zero-order chi connectivity index (χ0) is 31.5. The van der Waals surface area contributed by atoms with Gasteiger partial charge in [0.05, 0.1) is 35.8 Å². The van der Waals surface area contributed by atoms with E-state index in [9.17, 15) is 19.1 Å². The van der Waals surface area contributed by atoms with Crippen molar-refractivity contribution in [3.63, 3.8) is 0 Å². The predicted octanol–water partition coefficient (Wildman–Crippen LogP) is 6.34. The van der Waals surface area contributed by atoms with Crippen molar-refractivity contribution in [2.75, 3.05) is 17.7 Å². The Balaban J connectivity index is 1.51. The summed E-state index contributed by atoms with van der Waals surface area (Å²) in [6.45, 7) is 3.54. The third-order valence-electron chi connectivity index (χ3n) is 7.56. The van der Waals surface area contributed by atoms with E-state index >= 15 is 0 Å². The van der Waals surface area contributed by atoms with E-state index in [1.165, 1.54) is 24.1 Å². The van der Waals surface area contributed by atoms with E-state index in [0.717, 1.165) is 0 Å². The van der Waals surface area contributed by atoms with Crippen LogP contribution in [0.25, 0.3) is 16.8 Å². The molecule has 0 spiro atoms. The Bertz CT molecular complexity index is 1720. The normalized spacial score (nSPS) is 17.5. The number of aliphatic hydroxyl groups excluding tert-OH is 1. The molecule has 1 unspecified atom stereocenters. The Kier molecular flexibility index (Phi) is 9.45. The predicted molar refractivity (Wildman–Crippen MR) is 164 cm³/mol. The Morgan fingerprint density at radius 3 is 2.75 bits per heavy atom. The van der Waals surface area contributed by atoms with Gasteiger partial charge in [0.2, 0.25) is 5.91 Å². The van der Waals surface area contributed by atoms with Crippen molar-refractivity contribution in [3.05, 3.63) is 81.6 Å². The molecule has 11 nitrogen and oxygen atoms in total. The summed E-state index contributed by atoms with van der Waals surface area (Å²) in [5.41, 5.74) is 3.48. The fourth-order valence-corrected chi connectivity index (χ4v) is 5.45. The molecule has 2 aromatic carbocycles. The number of rotatable bonds is 5. The van der Waals surface area contributed by atoms with Crippen LogP contribution in [0, 0.1) is 18.7 Å². The van der Waals surface area contributed by atoms with Gasteiger partial charge in [0, 0.05) is 34.0 Å². The standard InChI is InChI=1S/C30H30Cl2FN7O4/c1-15-6-4-8-22(36-29(42)20-14-34-40(16(20)2)25-9-5-7-21(31)26(25)33)24-13-19(27(32)39-38-24)18-11-10-17(35-30(43)44-3)12-23(18)37-28(15)41/h5,7,9-15,22,29,36,42H,4,6,8H2,1-3H3,(H,35,43)(H,37,41)/t15-,22-,29?/m0/s1. The molecule has 5 rings (SSSR count). The molecule has 1 aliphatic heterocycles. The molecule has 2 amide bonds. The van der Waals surface area contributed by atoms with Crippen LogP contribution in [0.5, 0.6) is 0 Å². The minimum Gasteiger partial charge on any atom is -0.453 e. The van der Waals surface area contributed by atoms with Crippen LogP contribution in [0.4, 0.5) is 20.6 Å². The molecule has 3 heterocycles. The van der Waals surface area contributed by atoms with Gasteiger partial charge in [-0.3, -0.25) is 15.4 Å². The van der Waals surface area contributed by atoms with Gasteiger partial charge >= 0.3 is 6.09 Å². The van der Waals surface area contributed by atoms with Crippen LogP contribution in [-0.2, 0) is 9.53 Å². The quantitative estimate of drug-likeness (QED) is 0.185. The fourth-order valence-electron chi connectivity index (χ4n) is 5.08. The van der Waals surface area contributed by atoms with Crippen molar-refractivity contribution >= 4 is 46.6 Å². The Labute approximate surface area is 262 Å². The zero-order valence-electron chi connectivity index (χ0n) is 24.1. The maximum Gasteiger partial charge on any atom is 0.411 e. The average Bonchev–Trinajstić information content (AvgIpc) is 3.38. The van der Waals surface area contributed by atoms with Crippen LogP contribution in [0.1, 0.15) is 55.4 Å². The number of fused-ring (bicyclic) bond motifs is 4. The van der Waals surface area contributed by atoms with E-state index in [-0.39, 0.29) is 27.7 Å². The molecule has 0 aliphatic carbocycles. The molecule has 0 radical (unpaired) electrons. The molecule has 14 heteroatoms. The molecule has 1 aliphatic rings. The Hall–Kier alpha value is -4.10. The van der Waals surface area contributed by atoms with Crippen LogP contribution >= 0.6 is 23.2 Å². The highest BCUT2D eigenvalue weighted by Crippen LogP contribution is 2.37. The second kappa shape index (κ2) is 13.3. The van der Waals surface area contributed by atoms with Gasteiger partial charge in [-0.2, -0.15) is 10.2 Å². The van der Waals surface area contributed by atoms with Crippen LogP contribution in [-0.4, -0.2) is 44.2 Å². The summed E-state index contributed by atoms with van der Waals surface area (Å²) in [5, 5.41) is 32.9. The maximum absolute atomic E-state index is 14.7. The summed E-state index contributed by atoms with van der Waals surface area (Å²) in [7, 11) is 1.25. The zero-order valence-corrected chi connectivity index (χ0v) is 25.6. The monoisotopic (exact) mass is 641 g/mol. The second-order valence-electron chi connectivity index (χ2n) is 10.5. The fraction of sp³-hybridized carbons (Fsp3) is 0.300. The van der Waals surface area contributed by atoms with Crippen LogP contribution in [0.2, 0.25) is 10.2 Å². The molecule has 0 saturated carbocycles. The van der Waals surface area contributed by atoms with Gasteiger partial charge in [-0.1, -0.05) is 48.7 Å². The summed E-state index contributed by atoms with van der Waals surface area (Å²) < 4.78 is 20.8. The number of ether oxygens (including phenoxy) is 1. The van der Waals surface area contributed by atoms with Crippen molar-refractivity contribution < 1.29 is 23.8 Å². The molecular formula is C30H30Cl2FN7O4. The lowest BCUT2D eigenvalue weighted by Gasteiger charge is -2.24. The number of nitrogens with zero attached hydrogens (tertiary/aromatic N) is 4. The van der Waals surface area contributed by atoms with Gasteiger partial charge in [-0.05, 0) is 50.1 Å². The minimum absolute atomic E-state index is 0.0385. The van der Waals surface area contributed by atoms with Gasteiger partial charge in [0.1, 0.15) is 11.9 Å². The molecule has 0 fully saturated rings. The summed E-state index contributed by atoms with van der Waals surface area (Å²) >= 11 is 12.5. The number of carbonyl (C=O) groups is 2. The topological polar surface area (TPSA) is 143 Å². The number of nitrogens with one attached hydrogen (secondary N) is 3. The molecule has 3 atom stereocenters. The highest BCUT2D eigenvalue weighted by Gasteiger charge is 2.26. The molecule has 44 heavy (non-hydrogen) atoms. The van der Waals surface area contributed by atoms with E-state index in [1.54, 1.807) is 43.3 Å². The van der Waals surface area contributed by atoms with E-state index in [4.69, 9.17) is 23.2 Å². The van der Waals surface area contributed by atoms with E-state index in [1.807, 2.05) is 6.92 Å². The lowest BCUT2D eigenvalue weighted by Crippen LogP contribution is -2.28. The molecule has 0 saturated heterocycles. The van der Waals surface area contributed by atoms with Gasteiger partial charge in [-0.15, -0.1) is 5.10 Å². The minimum atomic E-state index is -1.20. The highest BCUT2D eigenvalue weighted by molar-refractivity contribution is 6.32. The number of methoxy groups -OCH3 is 1. The molecule has 4 aromatic rings. The second-order valence-corrected chi connectivity index (χ2v) is 11.2. The smallest absolute Gasteiger partial charge is 0.411 e. The third kappa shape index (κ3) is 6.53. The Morgan fingerprint density at radius 2 is 1.98 bits per heavy atom. The number of halogens is 3. The number of hydrogen-bond donors (Lipinski definition) is 4. The first-order valence-electron chi connectivity index (χ1n) is 13.8. The van der Waals surface area contributed by atoms with Crippen LogP contribution in [0.15, 0.2) is 48.7 Å². The lowest BCUT2D eigenvalue weighted by molar-refractivity contribution is -0.119. The number of anilines is 2. The van der Waals surface area contributed by atoms with Crippen molar-refractivity contribution in [2.45, 2.75) is 45.4 Å². The SMILES string of the molecule is COC(=O)Nc1ccc2c(c1)NC(=O)[C@@H](C)CCC[C@H](NC(O)c1cnn(-c3cccc(Cl)c3F)c1C)c1cc-2c(Cl)nn1.